The van der Waals surface area contributed by atoms with Crippen LogP contribution in [0.4, 0.5) is 5.82 Å². The SMILES string of the molecule is CS(=O)(=O)c1ccc(CNc2nccc(C#N)c2Cl)cc1. The highest BCUT2D eigenvalue weighted by atomic mass is 35.5. The van der Waals surface area contributed by atoms with Crippen LogP contribution >= 0.6 is 11.6 Å². The van der Waals surface area contributed by atoms with Crippen molar-refractivity contribution in [3.05, 3.63) is 52.7 Å². The first-order chi connectivity index (χ1) is 9.91. The topological polar surface area (TPSA) is 82.8 Å². The number of anilines is 1. The second-order valence-corrected chi connectivity index (χ2v) is 6.80. The van der Waals surface area contributed by atoms with Crippen LogP contribution in [0.5, 0.6) is 0 Å². The third-order valence-electron chi connectivity index (χ3n) is 2.82. The smallest absolute Gasteiger partial charge is 0.175 e. The van der Waals surface area contributed by atoms with Crippen molar-refractivity contribution in [2.75, 3.05) is 11.6 Å². The third-order valence-corrected chi connectivity index (χ3v) is 4.33. The molecule has 2 rings (SSSR count). The van der Waals surface area contributed by atoms with Crippen molar-refractivity contribution in [3.8, 4) is 6.07 Å². The maximum absolute atomic E-state index is 11.4. The van der Waals surface area contributed by atoms with Crippen LogP contribution in [0.3, 0.4) is 0 Å². The summed E-state index contributed by atoms with van der Waals surface area (Å²) in [6.07, 6.45) is 2.66. The van der Waals surface area contributed by atoms with E-state index >= 15 is 0 Å². The fourth-order valence-corrected chi connectivity index (χ4v) is 2.54. The molecule has 1 aromatic heterocycles. The van der Waals surface area contributed by atoms with Gasteiger partial charge in [-0.1, -0.05) is 23.7 Å². The minimum Gasteiger partial charge on any atom is -0.365 e. The Labute approximate surface area is 128 Å². The molecule has 0 atom stereocenters. The Bertz CT molecular complexity index is 796. The standard InChI is InChI=1S/C14H12ClN3O2S/c1-21(19,20)12-4-2-10(3-5-12)9-18-14-13(15)11(8-16)6-7-17-14/h2-7H,9H2,1H3,(H,17,18). The number of nitrogens with zero attached hydrogens (tertiary/aromatic N) is 2. The molecule has 7 heteroatoms. The average Bonchev–Trinajstić information content (AvgIpc) is 2.46. The molecule has 21 heavy (non-hydrogen) atoms. The first-order valence-corrected chi connectivity index (χ1v) is 8.26. The molecule has 0 aliphatic rings. The number of aromatic nitrogens is 1. The maximum Gasteiger partial charge on any atom is 0.175 e. The normalized spacial score (nSPS) is 10.9. The van der Waals surface area contributed by atoms with E-state index in [4.69, 9.17) is 16.9 Å². The zero-order valence-corrected chi connectivity index (χ0v) is 12.7. The number of halogens is 1. The van der Waals surface area contributed by atoms with Crippen LogP contribution in [0.25, 0.3) is 0 Å². The molecule has 0 radical (unpaired) electrons. The predicted octanol–water partition coefficient (Wildman–Crippen LogP) is 2.62. The van der Waals surface area contributed by atoms with Crippen LogP contribution in [0.1, 0.15) is 11.1 Å². The lowest BCUT2D eigenvalue weighted by molar-refractivity contribution is 0.602. The van der Waals surface area contributed by atoms with Gasteiger partial charge in [-0.25, -0.2) is 13.4 Å². The van der Waals surface area contributed by atoms with Gasteiger partial charge in [0.15, 0.2) is 9.84 Å². The molecule has 0 bridgehead atoms. The zero-order chi connectivity index (χ0) is 15.5. The van der Waals surface area contributed by atoms with Gasteiger partial charge in [-0.3, -0.25) is 0 Å². The summed E-state index contributed by atoms with van der Waals surface area (Å²) in [7, 11) is -3.19. The molecule has 0 aliphatic heterocycles. The van der Waals surface area contributed by atoms with Crippen LogP contribution in [0.15, 0.2) is 41.4 Å². The Morgan fingerprint density at radius 2 is 1.95 bits per heavy atom. The Kier molecular flexibility index (Phi) is 4.46. The Balaban J connectivity index is 2.13. The van der Waals surface area contributed by atoms with Gasteiger partial charge in [0.1, 0.15) is 16.9 Å². The van der Waals surface area contributed by atoms with E-state index in [0.29, 0.717) is 17.9 Å². The molecule has 1 heterocycles. The van der Waals surface area contributed by atoms with Crippen LogP contribution < -0.4 is 5.32 Å². The summed E-state index contributed by atoms with van der Waals surface area (Å²) in [5.74, 6) is 0.419. The summed E-state index contributed by atoms with van der Waals surface area (Å²) in [6.45, 7) is 0.422. The monoisotopic (exact) mass is 321 g/mol. The maximum atomic E-state index is 11.4. The molecule has 1 aromatic carbocycles. The number of nitriles is 1. The average molecular weight is 322 g/mol. The van der Waals surface area contributed by atoms with Crippen molar-refractivity contribution < 1.29 is 8.42 Å². The van der Waals surface area contributed by atoms with Gasteiger partial charge < -0.3 is 5.32 Å². The van der Waals surface area contributed by atoms with Crippen molar-refractivity contribution in [1.82, 2.24) is 4.98 Å². The van der Waals surface area contributed by atoms with Crippen LogP contribution in [-0.2, 0) is 16.4 Å². The largest absolute Gasteiger partial charge is 0.365 e. The molecule has 0 unspecified atom stereocenters. The number of benzene rings is 1. The highest BCUT2D eigenvalue weighted by Gasteiger charge is 2.08. The van der Waals surface area contributed by atoms with Crippen molar-refractivity contribution in [2.45, 2.75) is 11.4 Å². The lowest BCUT2D eigenvalue weighted by Crippen LogP contribution is -2.03. The number of hydrogen-bond donors (Lipinski definition) is 1. The van der Waals surface area contributed by atoms with E-state index in [9.17, 15) is 8.42 Å². The van der Waals surface area contributed by atoms with Gasteiger partial charge in [0.05, 0.1) is 10.5 Å². The number of rotatable bonds is 4. The van der Waals surface area contributed by atoms with Gasteiger partial charge in [0.2, 0.25) is 0 Å². The third kappa shape index (κ3) is 3.72. The molecule has 0 spiro atoms. The van der Waals surface area contributed by atoms with E-state index in [-0.39, 0.29) is 9.92 Å². The van der Waals surface area contributed by atoms with E-state index in [1.165, 1.54) is 12.3 Å². The fourth-order valence-electron chi connectivity index (χ4n) is 1.69. The molecule has 0 fully saturated rings. The van der Waals surface area contributed by atoms with Crippen molar-refractivity contribution >= 4 is 27.3 Å². The lowest BCUT2D eigenvalue weighted by atomic mass is 10.2. The van der Waals surface area contributed by atoms with Gasteiger partial charge >= 0.3 is 0 Å². The van der Waals surface area contributed by atoms with Gasteiger partial charge in [-0.15, -0.1) is 0 Å². The molecular weight excluding hydrogens is 310 g/mol. The zero-order valence-electron chi connectivity index (χ0n) is 11.2. The molecular formula is C14H12ClN3O2S. The summed E-state index contributed by atoms with van der Waals surface area (Å²) in [5, 5.41) is 12.2. The first kappa shape index (κ1) is 15.3. The number of hydrogen-bond acceptors (Lipinski definition) is 5. The lowest BCUT2D eigenvalue weighted by Gasteiger charge is -2.08. The first-order valence-electron chi connectivity index (χ1n) is 5.99. The second kappa shape index (κ2) is 6.12. The van der Waals surface area contributed by atoms with Crippen LogP contribution in [0, 0.1) is 11.3 Å². The number of nitrogens with one attached hydrogen (secondary N) is 1. The molecule has 0 saturated heterocycles. The number of sulfone groups is 1. The Morgan fingerprint density at radius 1 is 1.29 bits per heavy atom. The van der Waals surface area contributed by atoms with Gasteiger partial charge in [-0.05, 0) is 23.8 Å². The molecule has 0 amide bonds. The van der Waals surface area contributed by atoms with Crippen molar-refractivity contribution in [3.63, 3.8) is 0 Å². The molecule has 0 saturated carbocycles. The van der Waals surface area contributed by atoms with Gasteiger partial charge in [0, 0.05) is 19.0 Å². The van der Waals surface area contributed by atoms with Crippen molar-refractivity contribution in [1.29, 1.82) is 5.26 Å². The highest BCUT2D eigenvalue weighted by Crippen LogP contribution is 2.23. The summed E-state index contributed by atoms with van der Waals surface area (Å²) in [6, 6.07) is 10.0. The van der Waals surface area contributed by atoms with Crippen molar-refractivity contribution in [2.24, 2.45) is 0 Å². The summed E-state index contributed by atoms with van der Waals surface area (Å²) < 4.78 is 22.7. The van der Waals surface area contributed by atoms with E-state index < -0.39 is 9.84 Å². The van der Waals surface area contributed by atoms with E-state index in [1.807, 2.05) is 6.07 Å². The second-order valence-electron chi connectivity index (χ2n) is 4.40. The minimum atomic E-state index is -3.19. The van der Waals surface area contributed by atoms with Crippen LogP contribution in [-0.4, -0.2) is 19.7 Å². The van der Waals surface area contributed by atoms with Gasteiger partial charge in [-0.2, -0.15) is 5.26 Å². The quantitative estimate of drug-likeness (QED) is 0.936. The fraction of sp³-hybridized carbons (Fsp3) is 0.143. The van der Waals surface area contributed by atoms with Gasteiger partial charge in [0.25, 0.3) is 0 Å². The minimum absolute atomic E-state index is 0.271. The Hall–Kier alpha value is -2.10. The molecule has 108 valence electrons. The molecule has 2 aromatic rings. The number of pyridine rings is 1. The molecule has 5 nitrogen and oxygen atoms in total. The Morgan fingerprint density at radius 3 is 2.52 bits per heavy atom. The predicted molar refractivity (Wildman–Crippen MR) is 80.8 cm³/mol. The summed E-state index contributed by atoms with van der Waals surface area (Å²) in [4.78, 5) is 4.34. The van der Waals surface area contributed by atoms with E-state index in [2.05, 4.69) is 10.3 Å². The highest BCUT2D eigenvalue weighted by molar-refractivity contribution is 7.90. The summed E-state index contributed by atoms with van der Waals surface area (Å²) in [5.41, 5.74) is 1.23. The van der Waals surface area contributed by atoms with E-state index in [1.54, 1.807) is 24.3 Å². The molecule has 0 aliphatic carbocycles. The van der Waals surface area contributed by atoms with Crippen LogP contribution in [0.2, 0.25) is 5.02 Å². The molecule has 1 N–H and O–H groups in total. The summed E-state index contributed by atoms with van der Waals surface area (Å²) >= 11 is 6.03. The van der Waals surface area contributed by atoms with E-state index in [0.717, 1.165) is 11.8 Å².